The van der Waals surface area contributed by atoms with Crippen molar-refractivity contribution in [2.24, 2.45) is 35.6 Å². The Balaban J connectivity index is 1.32. The van der Waals surface area contributed by atoms with Crippen LogP contribution in [0.2, 0.25) is 0 Å². The van der Waals surface area contributed by atoms with Gasteiger partial charge in [-0.1, -0.05) is 36.4 Å². The van der Waals surface area contributed by atoms with E-state index in [4.69, 9.17) is 10.1 Å². The zero-order chi connectivity index (χ0) is 31.4. The lowest BCUT2D eigenvalue weighted by atomic mass is 9.45. The molecule has 236 valence electrons. The number of nitrogens with zero attached hydrogens (tertiary/aromatic N) is 3. The number of carbonyl (C=O) groups is 1. The first-order valence-electron chi connectivity index (χ1n) is 15.1. The molecule has 3 unspecified atom stereocenters. The molecule has 2 aromatic rings. The standard InChI is InChI=1S/C32H39F2N5O4S/c1-30-13-18(15-35)24(36-21-7-5-20(34)6-8-21)12-19(30)4-9-22-23-10-11-32(29(42)44-17-33,31(23,2)14-26(40)27(22)30)43-28(41)25-16-39(3)38-37-25/h5-8,12,15-16,22-23,26-27,29,35-36,40,42H,4,9-11,13-14,17H2,1-3H3/p+1/t22-,23?,26-,27?,29?,30-,31-,32-/m0/s1. The Morgan fingerprint density at radius 1 is 1.32 bits per heavy atom. The third kappa shape index (κ3) is 4.85. The molecule has 1 aromatic carbocycles. The highest BCUT2D eigenvalue weighted by atomic mass is 32.2. The summed E-state index contributed by atoms with van der Waals surface area (Å²) in [4.78, 5) is 13.3. The minimum Gasteiger partial charge on any atom is -0.450 e. The lowest BCUT2D eigenvalue weighted by Crippen LogP contribution is -2.76. The van der Waals surface area contributed by atoms with Gasteiger partial charge in [-0.05, 0) is 79.9 Å². The summed E-state index contributed by atoms with van der Waals surface area (Å²) in [5.74, 6) is -1.06. The van der Waals surface area contributed by atoms with E-state index in [9.17, 15) is 23.8 Å². The number of halogens is 2. The van der Waals surface area contributed by atoms with Crippen LogP contribution in [0.25, 0.3) is 0 Å². The van der Waals surface area contributed by atoms with E-state index in [1.807, 2.05) is 12.2 Å². The Morgan fingerprint density at radius 3 is 2.73 bits per heavy atom. The van der Waals surface area contributed by atoms with E-state index in [1.54, 1.807) is 19.2 Å². The molecule has 44 heavy (non-hydrogen) atoms. The molecule has 4 aliphatic carbocycles. The SMILES string of the molecule is Cn1cc(C(=O)O[C@]2(C(O)SCF)CCC3[C@@H]4CCC5=CC([NH2+]c6ccc(F)cc6)=C(C=N)C[C@]5(C)C4[C@@H](O)C[C@@]32C)nn1. The van der Waals surface area contributed by atoms with Crippen molar-refractivity contribution < 1.29 is 33.8 Å². The summed E-state index contributed by atoms with van der Waals surface area (Å²) in [7, 11) is 1.64. The molecule has 3 fully saturated rings. The number of fused-ring (bicyclic) bond motifs is 5. The van der Waals surface area contributed by atoms with Gasteiger partial charge in [0, 0.05) is 36.4 Å². The number of hydrogen-bond acceptors (Lipinski definition) is 8. The van der Waals surface area contributed by atoms with Gasteiger partial charge in [-0.15, -0.1) is 5.10 Å². The molecular weight excluding hydrogens is 588 g/mol. The lowest BCUT2D eigenvalue weighted by Gasteiger charge is -2.61. The molecule has 0 aliphatic heterocycles. The van der Waals surface area contributed by atoms with Crippen LogP contribution in [0, 0.1) is 39.8 Å². The first kappa shape index (κ1) is 31.1. The van der Waals surface area contributed by atoms with Gasteiger partial charge in [0.15, 0.2) is 11.3 Å². The molecule has 0 spiro atoms. The molecule has 0 saturated heterocycles. The third-order valence-corrected chi connectivity index (χ3v) is 12.0. The molecule has 1 heterocycles. The van der Waals surface area contributed by atoms with Crippen molar-refractivity contribution in [1.82, 2.24) is 15.0 Å². The summed E-state index contributed by atoms with van der Waals surface area (Å²) in [5.41, 5.74) is -0.0927. The Kier molecular flexibility index (Phi) is 8.09. The number of quaternary nitrogens is 1. The quantitative estimate of drug-likeness (QED) is 0.149. The Bertz CT molecular complexity index is 1510. The number of nitrogens with one attached hydrogen (secondary N) is 1. The number of aryl methyl sites for hydroxylation is 1. The van der Waals surface area contributed by atoms with Crippen molar-refractivity contribution in [3.8, 4) is 0 Å². The molecular formula is C32H40F2N5O4S+. The fraction of sp³-hybridized carbons (Fsp3) is 0.562. The molecule has 8 atom stereocenters. The second kappa shape index (κ2) is 11.5. The van der Waals surface area contributed by atoms with Gasteiger partial charge >= 0.3 is 5.97 Å². The maximum atomic E-state index is 13.7. The maximum absolute atomic E-state index is 13.7. The predicted molar refractivity (Wildman–Crippen MR) is 161 cm³/mol. The van der Waals surface area contributed by atoms with E-state index in [0.29, 0.717) is 31.0 Å². The smallest absolute Gasteiger partial charge is 0.361 e. The minimum atomic E-state index is -1.42. The number of ether oxygens (including phenoxy) is 1. The summed E-state index contributed by atoms with van der Waals surface area (Å²) < 4.78 is 34.7. The summed E-state index contributed by atoms with van der Waals surface area (Å²) >= 11 is 0.701. The van der Waals surface area contributed by atoms with Gasteiger partial charge in [-0.3, -0.25) is 10.00 Å². The average Bonchev–Trinajstić information content (AvgIpc) is 3.55. The van der Waals surface area contributed by atoms with Gasteiger partial charge in [-0.25, -0.2) is 13.6 Å². The van der Waals surface area contributed by atoms with Crippen molar-refractivity contribution in [3.05, 3.63) is 64.9 Å². The van der Waals surface area contributed by atoms with Crippen LogP contribution in [0.1, 0.15) is 62.9 Å². The van der Waals surface area contributed by atoms with Crippen molar-refractivity contribution in [3.63, 3.8) is 0 Å². The highest BCUT2D eigenvalue weighted by Crippen LogP contribution is 2.69. The number of alkyl halides is 1. The minimum absolute atomic E-state index is 0.00646. The van der Waals surface area contributed by atoms with E-state index in [-0.39, 0.29) is 35.7 Å². The molecule has 9 nitrogen and oxygen atoms in total. The number of aliphatic hydroxyl groups is 2. The van der Waals surface area contributed by atoms with Crippen molar-refractivity contribution in [2.45, 2.75) is 69.5 Å². The number of hydrogen-bond donors (Lipinski definition) is 4. The van der Waals surface area contributed by atoms with Crippen LogP contribution in [0.5, 0.6) is 0 Å². The van der Waals surface area contributed by atoms with Gasteiger partial charge in [0.05, 0.1) is 12.3 Å². The number of thioether (sulfide) groups is 1. The number of nitrogens with two attached hydrogens (primary N) is 1. The molecule has 0 amide bonds. The maximum Gasteiger partial charge on any atom is 0.361 e. The summed E-state index contributed by atoms with van der Waals surface area (Å²) in [5, 5.41) is 41.4. The second-order valence-corrected chi connectivity index (χ2v) is 14.3. The van der Waals surface area contributed by atoms with Crippen molar-refractivity contribution in [1.29, 1.82) is 5.41 Å². The van der Waals surface area contributed by atoms with E-state index in [2.05, 4.69) is 23.3 Å². The number of allylic oxidation sites excluding steroid dienone is 3. The first-order valence-corrected chi connectivity index (χ1v) is 16.2. The molecule has 12 heteroatoms. The fourth-order valence-electron chi connectivity index (χ4n) is 9.23. The van der Waals surface area contributed by atoms with Gasteiger partial charge < -0.3 is 20.4 Å². The largest absolute Gasteiger partial charge is 0.450 e. The van der Waals surface area contributed by atoms with Crippen LogP contribution in [0.4, 0.5) is 14.5 Å². The zero-order valence-electron chi connectivity index (χ0n) is 25.2. The molecule has 6 rings (SSSR count). The highest BCUT2D eigenvalue weighted by Gasteiger charge is 2.70. The van der Waals surface area contributed by atoms with Crippen molar-refractivity contribution >= 4 is 29.6 Å². The Labute approximate surface area is 259 Å². The van der Waals surface area contributed by atoms with Crippen LogP contribution in [-0.4, -0.2) is 60.5 Å². The Morgan fingerprint density at radius 2 is 2.07 bits per heavy atom. The fourth-order valence-corrected chi connectivity index (χ4v) is 10.0. The number of rotatable bonds is 8. The molecule has 1 aromatic heterocycles. The molecule has 0 radical (unpaired) electrons. The van der Waals surface area contributed by atoms with E-state index >= 15 is 0 Å². The number of benzene rings is 1. The normalized spacial score (nSPS) is 35.3. The van der Waals surface area contributed by atoms with Gasteiger partial charge in [0.1, 0.15) is 28.6 Å². The number of aromatic nitrogens is 3. The van der Waals surface area contributed by atoms with Crippen LogP contribution in [-0.2, 0) is 11.8 Å². The molecule has 4 aliphatic rings. The molecule has 0 bridgehead atoms. The summed E-state index contributed by atoms with van der Waals surface area (Å²) in [6.45, 7) is 4.16. The van der Waals surface area contributed by atoms with Gasteiger partial charge in [0.25, 0.3) is 0 Å². The topological polar surface area (TPSA) is 138 Å². The van der Waals surface area contributed by atoms with Crippen LogP contribution >= 0.6 is 11.8 Å². The first-order chi connectivity index (χ1) is 21.0. The van der Waals surface area contributed by atoms with Gasteiger partial charge in [0.2, 0.25) is 0 Å². The Hall–Kier alpha value is -2.93. The molecule has 5 N–H and O–H groups in total. The number of carbonyl (C=O) groups excluding carboxylic acids is 1. The highest BCUT2D eigenvalue weighted by molar-refractivity contribution is 7.99. The number of esters is 1. The van der Waals surface area contributed by atoms with Crippen LogP contribution in [0.3, 0.4) is 0 Å². The van der Waals surface area contributed by atoms with Crippen LogP contribution < -0.4 is 5.32 Å². The zero-order valence-corrected chi connectivity index (χ0v) is 26.0. The van der Waals surface area contributed by atoms with Crippen LogP contribution in [0.15, 0.2) is 53.4 Å². The van der Waals surface area contributed by atoms with E-state index < -0.39 is 39.9 Å². The number of aliphatic hydroxyl groups excluding tert-OH is 2. The predicted octanol–water partition coefficient (Wildman–Crippen LogP) is 4.17. The second-order valence-electron chi connectivity index (χ2n) is 13.3. The summed E-state index contributed by atoms with van der Waals surface area (Å²) in [6, 6.07) is 5.44. The lowest BCUT2D eigenvalue weighted by molar-refractivity contribution is -0.513. The van der Waals surface area contributed by atoms with Crippen molar-refractivity contribution in [2.75, 3.05) is 6.01 Å². The summed E-state index contributed by atoms with van der Waals surface area (Å²) in [6.07, 6.45) is 7.67. The third-order valence-electron chi connectivity index (χ3n) is 11.2. The van der Waals surface area contributed by atoms with E-state index in [0.717, 1.165) is 29.8 Å². The van der Waals surface area contributed by atoms with E-state index in [1.165, 1.54) is 34.8 Å². The van der Waals surface area contributed by atoms with Gasteiger partial charge in [-0.2, -0.15) is 0 Å². The average molecular weight is 629 g/mol. The molecule has 3 saturated carbocycles. The monoisotopic (exact) mass is 628 g/mol.